The number of benzene rings is 2. The lowest BCUT2D eigenvalue weighted by atomic mass is 9.48. The molecule has 0 aromatic heterocycles. The summed E-state index contributed by atoms with van der Waals surface area (Å²) in [5, 5.41) is 0. The van der Waals surface area contributed by atoms with Crippen LogP contribution in [-0.4, -0.2) is 0 Å². The van der Waals surface area contributed by atoms with E-state index in [4.69, 9.17) is 0 Å². The maximum Gasteiger partial charge on any atom is -0.00995 e. The summed E-state index contributed by atoms with van der Waals surface area (Å²) in [5.41, 5.74) is 3.29. The molecule has 13 saturated carbocycles. The van der Waals surface area contributed by atoms with Gasteiger partial charge in [-0.1, -0.05) is 474 Å². The zero-order valence-electron chi connectivity index (χ0n) is 80.6. The second-order valence-corrected chi connectivity index (χ2v) is 31.8. The molecule has 0 bridgehead atoms. The van der Waals surface area contributed by atoms with E-state index in [1.54, 1.807) is 217 Å². The summed E-state index contributed by atoms with van der Waals surface area (Å²) in [6.07, 6.45) is 68.7. The van der Waals surface area contributed by atoms with Gasteiger partial charge in [-0.05, 0) is 218 Å². The molecular weight excluding hydrogens is 1300 g/mol. The van der Waals surface area contributed by atoms with Crippen LogP contribution in [0.4, 0.5) is 0 Å². The molecule has 0 heterocycles. The first-order valence-electron chi connectivity index (χ1n) is 51.8. The van der Waals surface area contributed by atoms with E-state index in [2.05, 4.69) is 60.7 Å². The van der Waals surface area contributed by atoms with Gasteiger partial charge < -0.3 is 0 Å². The molecule has 0 N–H and O–H groups in total. The third-order valence-electron chi connectivity index (χ3n) is 28.3. The van der Waals surface area contributed by atoms with Crippen molar-refractivity contribution >= 4 is 0 Å². The molecule has 0 amide bonds. The molecule has 642 valence electrons. The number of hydrogen-bond donors (Lipinski definition) is 0. The first kappa shape index (κ1) is 111. The van der Waals surface area contributed by atoms with E-state index >= 15 is 0 Å². The lowest BCUT2D eigenvalue weighted by Gasteiger charge is -2.56. The third-order valence-corrected chi connectivity index (χ3v) is 28.3. The van der Waals surface area contributed by atoms with Gasteiger partial charge in [-0.2, -0.15) is 0 Å². The summed E-state index contributed by atoms with van der Waals surface area (Å²) in [6.45, 7) is 60.0. The molecular formula is C108H210. The molecule has 0 aliphatic heterocycles. The lowest BCUT2D eigenvalue weighted by molar-refractivity contribution is -0.0593. The molecule has 0 saturated heterocycles. The van der Waals surface area contributed by atoms with E-state index in [0.717, 1.165) is 130 Å². The fourth-order valence-electron chi connectivity index (χ4n) is 25.1. The Morgan fingerprint density at radius 2 is 0.315 bits per heavy atom. The molecule has 0 radical (unpaired) electrons. The van der Waals surface area contributed by atoms with Gasteiger partial charge in [0.15, 0.2) is 0 Å². The standard InChI is InChI=1S/C26H32.2C26H44.15C2H6/c1-3-11-19(12-4-1)25-21-15-7-9-17-23(21)26(20-13-5-2-6-14-20)24-18-10-8-16-22(24)25;1-3-9-19(10-4-1)25-17-23-15-21-13-7-8-14-22(21)16-24(23)18-26(25)20-11-5-2-6-12-20;1-3-9-19(10-4-1)23-15-16-24(20-11-5-2-6-12-20)26-18-22-14-8-7-13-21(22)17-25(23)26;15*1-2/h1-6,11-14,21-26H,7-10,15-18H2;2*19-26H,1-18H2;15*1-2H3. The van der Waals surface area contributed by atoms with Crippen molar-refractivity contribution in [2.75, 3.05) is 0 Å². The molecule has 13 fully saturated rings. The summed E-state index contributed by atoms with van der Waals surface area (Å²) < 4.78 is 0. The highest BCUT2D eigenvalue weighted by Crippen LogP contribution is 2.64. The maximum atomic E-state index is 2.44. The van der Waals surface area contributed by atoms with Crippen molar-refractivity contribution in [3.8, 4) is 0 Å². The Hall–Kier alpha value is -1.56. The zero-order chi connectivity index (χ0) is 82.0. The average molecular weight is 1510 g/mol. The highest BCUT2D eigenvalue weighted by molar-refractivity contribution is 5.29. The quantitative estimate of drug-likeness (QED) is 0.270. The third kappa shape index (κ3) is 34.7. The van der Waals surface area contributed by atoms with Gasteiger partial charge in [0, 0.05) is 0 Å². The van der Waals surface area contributed by atoms with Crippen LogP contribution in [0.5, 0.6) is 0 Å². The lowest BCUT2D eigenvalue weighted by Crippen LogP contribution is -2.47. The smallest absolute Gasteiger partial charge is 0.00995 e. The minimum atomic E-state index is 0.812. The molecule has 13 aliphatic rings. The van der Waals surface area contributed by atoms with E-state index in [1.165, 1.54) is 77.0 Å². The predicted molar refractivity (Wildman–Crippen MR) is 502 cm³/mol. The highest BCUT2D eigenvalue weighted by Gasteiger charge is 2.53. The van der Waals surface area contributed by atoms with Gasteiger partial charge in [-0.15, -0.1) is 0 Å². The normalized spacial score (nSPS) is 31.7. The van der Waals surface area contributed by atoms with Crippen molar-refractivity contribution in [1.29, 1.82) is 0 Å². The minimum absolute atomic E-state index is 0.812. The second-order valence-electron chi connectivity index (χ2n) is 31.8. The number of fused-ring (bicyclic) bond motifs is 6. The first-order chi connectivity index (χ1) is 53.7. The van der Waals surface area contributed by atoms with Crippen molar-refractivity contribution < 1.29 is 0 Å². The van der Waals surface area contributed by atoms with Gasteiger partial charge in [0.05, 0.1) is 0 Å². The Labute approximate surface area is 688 Å². The van der Waals surface area contributed by atoms with Gasteiger partial charge in [-0.25, -0.2) is 0 Å². The van der Waals surface area contributed by atoms with Crippen LogP contribution in [0.15, 0.2) is 60.7 Å². The van der Waals surface area contributed by atoms with Crippen LogP contribution in [0.2, 0.25) is 0 Å². The summed E-state index contributed by atoms with van der Waals surface area (Å²) in [4.78, 5) is 0. The van der Waals surface area contributed by atoms with Crippen LogP contribution in [0.1, 0.15) is 513 Å². The fourth-order valence-corrected chi connectivity index (χ4v) is 25.1. The minimum Gasteiger partial charge on any atom is -0.0683 e. The van der Waals surface area contributed by atoms with Crippen molar-refractivity contribution in [3.05, 3.63) is 71.8 Å². The van der Waals surface area contributed by atoms with Crippen LogP contribution in [0.3, 0.4) is 0 Å². The zero-order valence-corrected chi connectivity index (χ0v) is 80.6. The van der Waals surface area contributed by atoms with Crippen LogP contribution in [-0.2, 0) is 0 Å². The van der Waals surface area contributed by atoms with Crippen LogP contribution in [0.25, 0.3) is 0 Å². The second kappa shape index (κ2) is 74.3. The van der Waals surface area contributed by atoms with E-state index < -0.39 is 0 Å². The molecule has 0 heteroatoms. The summed E-state index contributed by atoms with van der Waals surface area (Å²) in [5.74, 6) is 23.4. The summed E-state index contributed by atoms with van der Waals surface area (Å²) >= 11 is 0. The van der Waals surface area contributed by atoms with Gasteiger partial charge in [0.25, 0.3) is 0 Å². The van der Waals surface area contributed by atoms with Crippen LogP contribution >= 0.6 is 0 Å². The Morgan fingerprint density at radius 3 is 0.546 bits per heavy atom. The molecule has 108 heavy (non-hydrogen) atoms. The van der Waals surface area contributed by atoms with Crippen molar-refractivity contribution in [2.24, 2.45) is 118 Å². The van der Waals surface area contributed by atoms with E-state index in [-0.39, 0.29) is 0 Å². The molecule has 0 spiro atoms. The molecule has 0 nitrogen and oxygen atoms in total. The average Bonchev–Trinajstić information content (AvgIpc) is 0.753. The van der Waals surface area contributed by atoms with Crippen LogP contribution < -0.4 is 0 Å². The Bertz CT molecular complexity index is 1870. The topological polar surface area (TPSA) is 0 Å². The van der Waals surface area contributed by atoms with E-state index in [9.17, 15) is 0 Å². The molecule has 2 aromatic carbocycles. The number of hydrogen-bond acceptors (Lipinski definition) is 0. The molecule has 15 rings (SSSR count). The SMILES string of the molecule is C1CCC(C2CC3CC4CCCCC4CC3CC2C2CCCCC2)CC1.C1CCC(C2CCC(C3CCCCC3)C3CC4CCCCC4CC23)CC1.CC.CC.CC.CC.CC.CC.CC.CC.CC.CC.CC.CC.CC.CC.CC.c1ccc(C2C3CCCCC3C(c3ccccc3)C3CCCCC32)cc1. The summed E-state index contributed by atoms with van der Waals surface area (Å²) in [6, 6.07) is 23.2. The van der Waals surface area contributed by atoms with Gasteiger partial charge in [0.1, 0.15) is 0 Å². The largest absolute Gasteiger partial charge is 0.0683 e. The number of rotatable bonds is 6. The van der Waals surface area contributed by atoms with Crippen molar-refractivity contribution in [3.63, 3.8) is 0 Å². The van der Waals surface area contributed by atoms with Crippen molar-refractivity contribution in [1.82, 2.24) is 0 Å². The molecule has 2 aromatic rings. The highest BCUT2D eigenvalue weighted by atomic mass is 14.6. The van der Waals surface area contributed by atoms with E-state index in [0.29, 0.717) is 0 Å². The Kier molecular flexibility index (Phi) is 76.1. The predicted octanol–water partition coefficient (Wildman–Crippen LogP) is 38.6. The van der Waals surface area contributed by atoms with E-state index in [1.807, 2.05) is 208 Å². The molecule has 16 atom stereocenters. The van der Waals surface area contributed by atoms with Crippen molar-refractivity contribution in [2.45, 2.75) is 502 Å². The summed E-state index contributed by atoms with van der Waals surface area (Å²) in [7, 11) is 0. The van der Waals surface area contributed by atoms with Crippen LogP contribution in [0, 0.1) is 118 Å². The monoisotopic (exact) mass is 1510 g/mol. The van der Waals surface area contributed by atoms with Gasteiger partial charge in [-0.3, -0.25) is 0 Å². The molecule has 13 aliphatic carbocycles. The van der Waals surface area contributed by atoms with Gasteiger partial charge in [0.2, 0.25) is 0 Å². The Morgan fingerprint density at radius 1 is 0.139 bits per heavy atom. The maximum absolute atomic E-state index is 2.44. The molecule has 16 unspecified atom stereocenters. The Balaban J connectivity index is -0.00000130. The van der Waals surface area contributed by atoms with Gasteiger partial charge >= 0.3 is 0 Å². The fraction of sp³-hybridized carbons (Fsp3) is 0.889. The first-order valence-corrected chi connectivity index (χ1v) is 51.8.